The van der Waals surface area contributed by atoms with E-state index < -0.39 is 0 Å². The van der Waals surface area contributed by atoms with Gasteiger partial charge in [-0.2, -0.15) is 0 Å². The molecule has 2 heterocycles. The molecule has 0 saturated heterocycles. The van der Waals surface area contributed by atoms with Gasteiger partial charge in [0.1, 0.15) is 12.0 Å². The number of fused-ring (bicyclic) bond motifs is 1. The van der Waals surface area contributed by atoms with Gasteiger partial charge in [-0.05, 0) is 6.07 Å². The minimum absolute atomic E-state index is 0.427. The predicted octanol–water partition coefficient (Wildman–Crippen LogP) is 1.70. The molecule has 0 fully saturated rings. The molecule has 3 nitrogen and oxygen atoms in total. The van der Waals surface area contributed by atoms with E-state index in [9.17, 15) is 0 Å². The number of aromatic nitrogens is 3. The number of hydrogen-bond donors (Lipinski definition) is 1. The molecule has 0 bridgehead atoms. The fourth-order valence-electron chi connectivity index (χ4n) is 1.03. The summed E-state index contributed by atoms with van der Waals surface area (Å²) in [6.07, 6.45) is 3.34. The normalized spacial score (nSPS) is 10.6. The lowest BCUT2D eigenvalue weighted by Gasteiger charge is -1.93. The molecule has 0 aliphatic heterocycles. The maximum Gasteiger partial charge on any atom is 0.140 e. The lowest BCUT2D eigenvalue weighted by atomic mass is 10.3. The summed E-state index contributed by atoms with van der Waals surface area (Å²) in [5, 5.41) is 1.00. The van der Waals surface area contributed by atoms with Gasteiger partial charge in [0.05, 0.1) is 11.6 Å². The van der Waals surface area contributed by atoms with Crippen LogP contribution in [0.1, 0.15) is 5.69 Å². The number of H-pyrrole nitrogens is 1. The van der Waals surface area contributed by atoms with Crippen LogP contribution in [0.25, 0.3) is 11.0 Å². The number of rotatable bonds is 1. The molecule has 4 heteroatoms. The van der Waals surface area contributed by atoms with Crippen LogP contribution in [0, 0.1) is 0 Å². The van der Waals surface area contributed by atoms with Gasteiger partial charge in [0.15, 0.2) is 0 Å². The van der Waals surface area contributed by atoms with Gasteiger partial charge in [0.25, 0.3) is 0 Å². The number of aromatic amines is 1. The number of nitrogens with zero attached hydrogens (tertiary/aromatic N) is 2. The second-order valence-electron chi connectivity index (χ2n) is 2.19. The Bertz CT molecular complexity index is 368. The lowest BCUT2D eigenvalue weighted by Crippen LogP contribution is -1.87. The summed E-state index contributed by atoms with van der Waals surface area (Å²) in [7, 11) is 0. The molecule has 2 rings (SSSR count). The minimum atomic E-state index is 0.427. The summed E-state index contributed by atoms with van der Waals surface area (Å²) in [5.74, 6) is 0.427. The lowest BCUT2D eigenvalue weighted by molar-refractivity contribution is 1.12. The summed E-state index contributed by atoms with van der Waals surface area (Å²) in [5.41, 5.74) is 1.72. The average molecular weight is 168 g/mol. The van der Waals surface area contributed by atoms with Gasteiger partial charge in [0, 0.05) is 11.6 Å². The van der Waals surface area contributed by atoms with Crippen molar-refractivity contribution in [2.45, 2.75) is 5.88 Å². The molecule has 0 aromatic carbocycles. The van der Waals surface area contributed by atoms with Gasteiger partial charge in [0.2, 0.25) is 0 Å². The highest BCUT2D eigenvalue weighted by Crippen LogP contribution is 2.13. The van der Waals surface area contributed by atoms with E-state index in [1.165, 1.54) is 6.33 Å². The number of hydrogen-bond acceptors (Lipinski definition) is 2. The first-order valence-corrected chi connectivity index (χ1v) is 3.78. The maximum absolute atomic E-state index is 5.66. The van der Waals surface area contributed by atoms with E-state index in [2.05, 4.69) is 15.0 Å². The van der Waals surface area contributed by atoms with E-state index >= 15 is 0 Å². The molecule has 0 radical (unpaired) electrons. The fraction of sp³-hybridized carbons (Fsp3) is 0.143. The van der Waals surface area contributed by atoms with Crippen molar-refractivity contribution >= 4 is 22.6 Å². The van der Waals surface area contributed by atoms with Gasteiger partial charge in [-0.3, -0.25) is 0 Å². The smallest absolute Gasteiger partial charge is 0.140 e. The average Bonchev–Trinajstić information content (AvgIpc) is 2.50. The summed E-state index contributed by atoms with van der Waals surface area (Å²) in [6, 6.07) is 1.92. The Labute approximate surface area is 68.4 Å². The predicted molar refractivity (Wildman–Crippen MR) is 43.4 cm³/mol. The Kier molecular flexibility index (Phi) is 1.51. The third-order valence-corrected chi connectivity index (χ3v) is 1.82. The molecule has 56 valence electrons. The summed E-state index contributed by atoms with van der Waals surface area (Å²) < 4.78 is 0. The minimum Gasteiger partial charge on any atom is -0.346 e. The van der Waals surface area contributed by atoms with Crippen LogP contribution in [-0.4, -0.2) is 15.0 Å². The van der Waals surface area contributed by atoms with Gasteiger partial charge >= 0.3 is 0 Å². The monoisotopic (exact) mass is 167 g/mol. The zero-order valence-electron chi connectivity index (χ0n) is 5.71. The third-order valence-electron chi connectivity index (χ3n) is 1.56. The van der Waals surface area contributed by atoms with Crippen molar-refractivity contribution in [1.82, 2.24) is 15.0 Å². The fourth-order valence-corrected chi connectivity index (χ4v) is 1.25. The van der Waals surface area contributed by atoms with E-state index in [1.54, 1.807) is 0 Å². The molecule has 0 aliphatic rings. The van der Waals surface area contributed by atoms with Gasteiger partial charge in [-0.25, -0.2) is 9.97 Å². The van der Waals surface area contributed by atoms with Crippen LogP contribution in [-0.2, 0) is 5.88 Å². The van der Waals surface area contributed by atoms with Crippen molar-refractivity contribution in [1.29, 1.82) is 0 Å². The van der Waals surface area contributed by atoms with E-state index in [-0.39, 0.29) is 0 Å². The third kappa shape index (κ3) is 0.973. The van der Waals surface area contributed by atoms with Crippen LogP contribution in [0.5, 0.6) is 0 Å². The van der Waals surface area contributed by atoms with Crippen molar-refractivity contribution in [2.24, 2.45) is 0 Å². The molecule has 1 N–H and O–H groups in total. The Hall–Kier alpha value is -1.09. The molecule has 0 atom stereocenters. The molecule has 2 aromatic rings. The van der Waals surface area contributed by atoms with E-state index in [1.807, 2.05) is 12.3 Å². The van der Waals surface area contributed by atoms with Crippen LogP contribution in [0.15, 0.2) is 18.6 Å². The zero-order valence-corrected chi connectivity index (χ0v) is 6.47. The van der Waals surface area contributed by atoms with Crippen LogP contribution >= 0.6 is 11.6 Å². The summed E-state index contributed by atoms with van der Waals surface area (Å²) >= 11 is 5.66. The second-order valence-corrected chi connectivity index (χ2v) is 2.46. The van der Waals surface area contributed by atoms with E-state index in [0.717, 1.165) is 16.7 Å². The number of alkyl halides is 1. The number of nitrogens with one attached hydrogen (secondary N) is 1. The summed E-state index contributed by atoms with van der Waals surface area (Å²) in [4.78, 5) is 11.0. The zero-order chi connectivity index (χ0) is 7.68. The van der Waals surface area contributed by atoms with Gasteiger partial charge < -0.3 is 4.98 Å². The van der Waals surface area contributed by atoms with Gasteiger partial charge in [-0.1, -0.05) is 0 Å². The highest BCUT2D eigenvalue weighted by atomic mass is 35.5. The first-order valence-electron chi connectivity index (χ1n) is 3.25. The largest absolute Gasteiger partial charge is 0.346 e. The maximum atomic E-state index is 5.66. The number of halogens is 1. The molecule has 11 heavy (non-hydrogen) atoms. The van der Waals surface area contributed by atoms with E-state index in [4.69, 9.17) is 11.6 Å². The van der Waals surface area contributed by atoms with Crippen molar-refractivity contribution in [3.8, 4) is 0 Å². The van der Waals surface area contributed by atoms with Crippen LogP contribution in [0.4, 0.5) is 0 Å². The highest BCUT2D eigenvalue weighted by Gasteiger charge is 2.00. The van der Waals surface area contributed by atoms with Crippen LogP contribution < -0.4 is 0 Å². The van der Waals surface area contributed by atoms with Crippen molar-refractivity contribution < 1.29 is 0 Å². The molecule has 0 amide bonds. The quantitative estimate of drug-likeness (QED) is 0.657. The molecular weight excluding hydrogens is 162 g/mol. The molecule has 0 spiro atoms. The SMILES string of the molecule is ClCc1ncnc2[nH]ccc12. The first kappa shape index (κ1) is 6.61. The molecular formula is C7H6ClN3. The standard InChI is InChI=1S/C7H6ClN3/c8-3-6-5-1-2-9-7(5)11-4-10-6/h1-2,4H,3H2,(H,9,10,11). The Morgan fingerprint density at radius 2 is 2.36 bits per heavy atom. The first-order chi connectivity index (χ1) is 5.42. The van der Waals surface area contributed by atoms with Gasteiger partial charge in [-0.15, -0.1) is 11.6 Å². The Morgan fingerprint density at radius 3 is 3.18 bits per heavy atom. The topological polar surface area (TPSA) is 41.6 Å². The van der Waals surface area contributed by atoms with Crippen LogP contribution in [0.3, 0.4) is 0 Å². The summed E-state index contributed by atoms with van der Waals surface area (Å²) in [6.45, 7) is 0. The Morgan fingerprint density at radius 1 is 1.45 bits per heavy atom. The van der Waals surface area contributed by atoms with Crippen molar-refractivity contribution in [3.05, 3.63) is 24.3 Å². The van der Waals surface area contributed by atoms with Crippen molar-refractivity contribution in [3.63, 3.8) is 0 Å². The highest BCUT2D eigenvalue weighted by molar-refractivity contribution is 6.17. The Balaban J connectivity index is 2.79. The van der Waals surface area contributed by atoms with E-state index in [0.29, 0.717) is 5.88 Å². The molecule has 0 unspecified atom stereocenters. The molecule has 0 aliphatic carbocycles. The van der Waals surface area contributed by atoms with Crippen LogP contribution in [0.2, 0.25) is 0 Å². The molecule has 2 aromatic heterocycles. The second kappa shape index (κ2) is 2.51. The van der Waals surface area contributed by atoms with Crippen molar-refractivity contribution in [2.75, 3.05) is 0 Å². The molecule has 0 saturated carbocycles.